The third-order valence-electron chi connectivity index (χ3n) is 2.81. The molecule has 0 unspecified atom stereocenters. The molecular weight excluding hydrogens is 268 g/mol. The maximum absolute atomic E-state index is 11.7. The number of hydrogen-bond acceptors (Lipinski definition) is 4. The Hall–Kier alpha value is -2.69. The molecule has 5 nitrogen and oxygen atoms in total. The third-order valence-corrected chi connectivity index (χ3v) is 2.81. The van der Waals surface area contributed by atoms with Crippen molar-refractivity contribution in [3.8, 4) is 5.75 Å². The predicted molar refractivity (Wildman–Crippen MR) is 79.4 cm³/mol. The van der Waals surface area contributed by atoms with Crippen molar-refractivity contribution in [3.05, 3.63) is 54.4 Å². The van der Waals surface area contributed by atoms with Crippen LogP contribution in [0.1, 0.15) is 23.7 Å². The van der Waals surface area contributed by atoms with E-state index < -0.39 is 0 Å². The lowest BCUT2D eigenvalue weighted by Gasteiger charge is -2.07. The molecule has 0 aliphatic rings. The fourth-order valence-corrected chi connectivity index (χ4v) is 1.72. The highest BCUT2D eigenvalue weighted by Gasteiger charge is 2.05. The van der Waals surface area contributed by atoms with Crippen LogP contribution in [0.5, 0.6) is 5.75 Å². The van der Waals surface area contributed by atoms with Crippen molar-refractivity contribution < 1.29 is 14.3 Å². The molecule has 21 heavy (non-hydrogen) atoms. The van der Waals surface area contributed by atoms with Gasteiger partial charge >= 0.3 is 0 Å². The van der Waals surface area contributed by atoms with E-state index in [1.54, 1.807) is 48.8 Å². The van der Waals surface area contributed by atoms with E-state index in [1.165, 1.54) is 0 Å². The van der Waals surface area contributed by atoms with Crippen LogP contribution in [-0.2, 0) is 4.79 Å². The molecule has 0 bridgehead atoms. The summed E-state index contributed by atoms with van der Waals surface area (Å²) in [6.45, 7) is 1.71. The van der Waals surface area contributed by atoms with Gasteiger partial charge in [0.2, 0.25) is 0 Å². The van der Waals surface area contributed by atoms with Crippen molar-refractivity contribution >= 4 is 17.4 Å². The molecule has 108 valence electrons. The summed E-state index contributed by atoms with van der Waals surface area (Å²) in [5.41, 5.74) is 1.26. The van der Waals surface area contributed by atoms with Crippen LogP contribution in [0, 0.1) is 0 Å². The van der Waals surface area contributed by atoms with E-state index in [-0.39, 0.29) is 18.3 Å². The van der Waals surface area contributed by atoms with E-state index >= 15 is 0 Å². The zero-order chi connectivity index (χ0) is 15.1. The molecule has 1 heterocycles. The normalized spacial score (nSPS) is 9.95. The first-order chi connectivity index (χ1) is 10.2. The highest BCUT2D eigenvalue weighted by atomic mass is 16.5. The summed E-state index contributed by atoms with van der Waals surface area (Å²) in [5.74, 6) is 0.358. The minimum atomic E-state index is -0.267. The zero-order valence-electron chi connectivity index (χ0n) is 11.7. The summed E-state index contributed by atoms with van der Waals surface area (Å²) in [6, 6.07) is 10.2. The quantitative estimate of drug-likeness (QED) is 0.828. The average molecular weight is 284 g/mol. The lowest BCUT2D eigenvalue weighted by Crippen LogP contribution is -2.20. The number of ketones is 1. The first-order valence-electron chi connectivity index (χ1n) is 6.65. The Morgan fingerprint density at radius 1 is 1.19 bits per heavy atom. The Labute approximate surface area is 123 Å². The van der Waals surface area contributed by atoms with Crippen LogP contribution in [0.3, 0.4) is 0 Å². The molecule has 2 aromatic rings. The standard InChI is InChI=1S/C16H16N2O3/c1-2-15(19)12-5-7-14(8-6-12)21-11-16(20)18-13-4-3-9-17-10-13/h3-10H,2,11H2,1H3,(H,18,20). The van der Waals surface area contributed by atoms with Crippen LogP contribution in [0.15, 0.2) is 48.8 Å². The molecule has 0 aliphatic heterocycles. The lowest BCUT2D eigenvalue weighted by molar-refractivity contribution is -0.118. The number of anilines is 1. The molecule has 0 radical (unpaired) electrons. The van der Waals surface area contributed by atoms with Gasteiger partial charge in [0.25, 0.3) is 5.91 Å². The predicted octanol–water partition coefficient (Wildman–Crippen LogP) is 2.69. The largest absolute Gasteiger partial charge is 0.484 e. The van der Waals surface area contributed by atoms with Gasteiger partial charge in [-0.05, 0) is 36.4 Å². The summed E-state index contributed by atoms with van der Waals surface area (Å²) in [7, 11) is 0. The van der Waals surface area contributed by atoms with Crippen LogP contribution < -0.4 is 10.1 Å². The number of carbonyl (C=O) groups excluding carboxylic acids is 2. The van der Waals surface area contributed by atoms with E-state index in [1.807, 2.05) is 6.92 Å². The Morgan fingerprint density at radius 2 is 1.95 bits per heavy atom. The third kappa shape index (κ3) is 4.42. The molecule has 0 aliphatic carbocycles. The molecule has 0 fully saturated rings. The highest BCUT2D eigenvalue weighted by molar-refractivity contribution is 5.96. The van der Waals surface area contributed by atoms with Crippen molar-refractivity contribution in [3.63, 3.8) is 0 Å². The van der Waals surface area contributed by atoms with Gasteiger partial charge < -0.3 is 10.1 Å². The van der Waals surface area contributed by atoms with Crippen molar-refractivity contribution in [1.29, 1.82) is 0 Å². The first kappa shape index (κ1) is 14.7. The van der Waals surface area contributed by atoms with Crippen LogP contribution >= 0.6 is 0 Å². The number of rotatable bonds is 6. The van der Waals surface area contributed by atoms with Gasteiger partial charge in [-0.15, -0.1) is 0 Å². The SMILES string of the molecule is CCC(=O)c1ccc(OCC(=O)Nc2cccnc2)cc1. The van der Waals surface area contributed by atoms with Crippen molar-refractivity contribution in [2.24, 2.45) is 0 Å². The number of nitrogens with one attached hydrogen (secondary N) is 1. The van der Waals surface area contributed by atoms with Gasteiger partial charge in [0.15, 0.2) is 12.4 Å². The summed E-state index contributed by atoms with van der Waals surface area (Å²) in [6.07, 6.45) is 3.65. The maximum Gasteiger partial charge on any atom is 0.262 e. The van der Waals surface area contributed by atoms with Crippen LogP contribution in [0.2, 0.25) is 0 Å². The maximum atomic E-state index is 11.7. The number of ether oxygens (including phenoxy) is 1. The van der Waals surface area contributed by atoms with E-state index in [2.05, 4.69) is 10.3 Å². The van der Waals surface area contributed by atoms with Gasteiger partial charge in [-0.2, -0.15) is 0 Å². The smallest absolute Gasteiger partial charge is 0.262 e. The fourth-order valence-electron chi connectivity index (χ4n) is 1.72. The topological polar surface area (TPSA) is 68.3 Å². The van der Waals surface area contributed by atoms with Crippen molar-refractivity contribution in [2.45, 2.75) is 13.3 Å². The highest BCUT2D eigenvalue weighted by Crippen LogP contribution is 2.13. The molecule has 0 atom stereocenters. The number of pyridine rings is 1. The number of amides is 1. The first-order valence-corrected chi connectivity index (χ1v) is 6.65. The van der Waals surface area contributed by atoms with Crippen LogP contribution in [0.4, 0.5) is 5.69 Å². The minimum absolute atomic E-state index is 0.0795. The van der Waals surface area contributed by atoms with Gasteiger partial charge in [0.1, 0.15) is 5.75 Å². The lowest BCUT2D eigenvalue weighted by atomic mass is 10.1. The summed E-state index contributed by atoms with van der Waals surface area (Å²) >= 11 is 0. The monoisotopic (exact) mass is 284 g/mol. The van der Waals surface area contributed by atoms with E-state index in [0.717, 1.165) is 0 Å². The second-order valence-electron chi connectivity index (χ2n) is 4.38. The molecule has 1 N–H and O–H groups in total. The molecular formula is C16H16N2O3. The number of aromatic nitrogens is 1. The molecule has 1 aromatic heterocycles. The van der Waals surface area contributed by atoms with Crippen molar-refractivity contribution in [2.75, 3.05) is 11.9 Å². The fraction of sp³-hybridized carbons (Fsp3) is 0.188. The number of benzene rings is 1. The van der Waals surface area contributed by atoms with E-state index in [0.29, 0.717) is 23.4 Å². The van der Waals surface area contributed by atoms with Crippen molar-refractivity contribution in [1.82, 2.24) is 4.98 Å². The number of carbonyl (C=O) groups is 2. The Bertz CT molecular complexity index is 609. The summed E-state index contributed by atoms with van der Waals surface area (Å²) in [4.78, 5) is 27.1. The summed E-state index contributed by atoms with van der Waals surface area (Å²) < 4.78 is 5.36. The molecule has 0 saturated carbocycles. The molecule has 2 rings (SSSR count). The number of hydrogen-bond donors (Lipinski definition) is 1. The van der Waals surface area contributed by atoms with Crippen LogP contribution in [0.25, 0.3) is 0 Å². The Morgan fingerprint density at radius 3 is 2.57 bits per heavy atom. The number of nitrogens with zero attached hydrogens (tertiary/aromatic N) is 1. The van der Waals surface area contributed by atoms with Gasteiger partial charge in [-0.25, -0.2) is 0 Å². The van der Waals surface area contributed by atoms with Gasteiger partial charge in [-0.1, -0.05) is 6.92 Å². The molecule has 5 heteroatoms. The minimum Gasteiger partial charge on any atom is -0.484 e. The number of Topliss-reactive ketones (excluding diaryl/α,β-unsaturated/α-hetero) is 1. The summed E-state index contributed by atoms with van der Waals surface area (Å²) in [5, 5.41) is 2.67. The van der Waals surface area contributed by atoms with Gasteiger partial charge in [0.05, 0.1) is 11.9 Å². The average Bonchev–Trinajstić information content (AvgIpc) is 2.53. The molecule has 0 saturated heterocycles. The molecule has 1 aromatic carbocycles. The molecule has 0 spiro atoms. The molecule has 1 amide bonds. The van der Waals surface area contributed by atoms with Gasteiger partial charge in [-0.3, -0.25) is 14.6 Å². The second-order valence-corrected chi connectivity index (χ2v) is 4.38. The van der Waals surface area contributed by atoms with E-state index in [9.17, 15) is 9.59 Å². The Balaban J connectivity index is 1.85. The zero-order valence-corrected chi connectivity index (χ0v) is 11.7. The Kier molecular flexibility index (Phi) is 5.04. The second kappa shape index (κ2) is 7.19. The van der Waals surface area contributed by atoms with Gasteiger partial charge in [0, 0.05) is 18.2 Å². The van der Waals surface area contributed by atoms with E-state index in [4.69, 9.17) is 4.74 Å². The van der Waals surface area contributed by atoms with Crippen LogP contribution in [-0.4, -0.2) is 23.3 Å².